The topological polar surface area (TPSA) is 93.8 Å². The van der Waals surface area contributed by atoms with Crippen molar-refractivity contribution in [1.29, 1.82) is 0 Å². The maximum atomic E-state index is 12.9. The van der Waals surface area contributed by atoms with Crippen molar-refractivity contribution in [1.82, 2.24) is 9.80 Å². The summed E-state index contributed by atoms with van der Waals surface area (Å²) in [4.78, 5) is 4.45. The van der Waals surface area contributed by atoms with Crippen LogP contribution in [-0.4, -0.2) is 47.7 Å². The first kappa shape index (κ1) is 25.8. The molecule has 10 heteroatoms. The summed E-state index contributed by atoms with van der Waals surface area (Å²) in [5, 5.41) is 0. The van der Waals surface area contributed by atoms with Crippen molar-refractivity contribution in [3.8, 4) is 5.75 Å². The third-order valence-corrected chi connectivity index (χ3v) is 8.23. The van der Waals surface area contributed by atoms with Gasteiger partial charge < -0.3 is 21.1 Å². The smallest absolute Gasteiger partial charge is 0.405 e. The minimum absolute atomic E-state index is 0.120. The molecule has 0 saturated heterocycles. The molecule has 0 bridgehead atoms. The number of nitrogens with two attached hydrogens (primary N) is 3. The van der Waals surface area contributed by atoms with Crippen molar-refractivity contribution in [3.63, 3.8) is 0 Å². The van der Waals surface area contributed by atoms with Crippen molar-refractivity contribution < 1.29 is 17.9 Å². The molecule has 6 nitrogen and oxygen atoms in total. The third-order valence-electron chi connectivity index (χ3n) is 7.74. The van der Waals surface area contributed by atoms with Gasteiger partial charge in [-0.25, -0.2) is 0 Å². The van der Waals surface area contributed by atoms with Crippen molar-refractivity contribution in [2.45, 2.75) is 88.7 Å². The summed E-state index contributed by atoms with van der Waals surface area (Å²) in [6.07, 6.45) is 3.36. The molecule has 3 aliphatic rings. The molecule has 1 saturated carbocycles. The predicted molar refractivity (Wildman–Crippen MR) is 129 cm³/mol. The Hall–Kier alpha value is -1.33. The molecule has 3 atom stereocenters. The quantitative estimate of drug-likeness (QED) is 0.508. The fourth-order valence-corrected chi connectivity index (χ4v) is 6.21. The molecule has 4 rings (SSSR count). The van der Waals surface area contributed by atoms with E-state index in [9.17, 15) is 13.2 Å². The third kappa shape index (κ3) is 5.56. The molecule has 1 heterocycles. The molecule has 1 fully saturated rings. The highest BCUT2D eigenvalue weighted by atomic mass is 79.9. The van der Waals surface area contributed by atoms with E-state index < -0.39 is 6.36 Å². The van der Waals surface area contributed by atoms with Crippen LogP contribution in [0, 0.1) is 5.92 Å². The van der Waals surface area contributed by atoms with E-state index in [2.05, 4.69) is 30.5 Å². The number of alkyl halides is 3. The van der Waals surface area contributed by atoms with Crippen LogP contribution in [0.25, 0.3) is 0 Å². The number of nitrogens with zero attached hydrogens (tertiary/aromatic N) is 2. The highest BCUT2D eigenvalue weighted by molar-refractivity contribution is 9.10. The molecule has 0 amide bonds. The van der Waals surface area contributed by atoms with E-state index in [0.717, 1.165) is 44.9 Å². The first-order valence-electron chi connectivity index (χ1n) is 12.1. The number of benzene rings is 1. The van der Waals surface area contributed by atoms with Gasteiger partial charge in [0.1, 0.15) is 12.0 Å². The van der Waals surface area contributed by atoms with E-state index >= 15 is 0 Å². The van der Waals surface area contributed by atoms with Crippen LogP contribution in [0.5, 0.6) is 5.75 Å². The van der Waals surface area contributed by atoms with Gasteiger partial charge in [-0.15, -0.1) is 13.2 Å². The van der Waals surface area contributed by atoms with Crippen LogP contribution in [0.4, 0.5) is 13.2 Å². The number of rotatable bonds is 5. The minimum atomic E-state index is -4.74. The zero-order valence-corrected chi connectivity index (χ0v) is 21.1. The van der Waals surface area contributed by atoms with Gasteiger partial charge in [0.05, 0.1) is 6.17 Å². The van der Waals surface area contributed by atoms with E-state index in [0.29, 0.717) is 22.5 Å². The maximum Gasteiger partial charge on any atom is 0.573 e. The van der Waals surface area contributed by atoms with E-state index in [1.165, 1.54) is 23.8 Å². The number of allylic oxidation sites excluding steroid dienone is 1. The Morgan fingerprint density at radius 3 is 2.47 bits per heavy atom. The Balaban J connectivity index is 1.42. The first-order chi connectivity index (χ1) is 16.0. The average Bonchev–Trinajstić information content (AvgIpc) is 2.79. The minimum Gasteiger partial charge on any atom is -0.405 e. The molecule has 190 valence electrons. The van der Waals surface area contributed by atoms with Gasteiger partial charge >= 0.3 is 6.36 Å². The summed E-state index contributed by atoms with van der Waals surface area (Å²) in [5.41, 5.74) is 22.8. The number of hydrogen-bond acceptors (Lipinski definition) is 6. The van der Waals surface area contributed by atoms with Crippen molar-refractivity contribution in [2.24, 2.45) is 23.1 Å². The fraction of sp³-hybridized carbons (Fsp3) is 0.667. The second-order valence-corrected chi connectivity index (χ2v) is 10.8. The molecule has 1 aromatic rings. The van der Waals surface area contributed by atoms with E-state index in [4.69, 9.17) is 17.2 Å². The molecular weight excluding hydrogens is 511 g/mol. The zero-order chi connectivity index (χ0) is 24.6. The molecule has 0 radical (unpaired) electrons. The lowest BCUT2D eigenvalue weighted by Gasteiger charge is -2.52. The van der Waals surface area contributed by atoms with Gasteiger partial charge in [0.25, 0.3) is 0 Å². The largest absolute Gasteiger partial charge is 0.573 e. The predicted octanol–water partition coefficient (Wildman–Crippen LogP) is 4.38. The van der Waals surface area contributed by atoms with E-state index in [1.807, 2.05) is 7.05 Å². The van der Waals surface area contributed by atoms with Crippen LogP contribution >= 0.6 is 15.9 Å². The summed E-state index contributed by atoms with van der Waals surface area (Å²) >= 11 is 3.22. The molecule has 3 unspecified atom stereocenters. The molecule has 1 aromatic carbocycles. The van der Waals surface area contributed by atoms with Crippen molar-refractivity contribution >= 4 is 15.9 Å². The van der Waals surface area contributed by atoms with Gasteiger partial charge in [-0.2, -0.15) is 0 Å². The van der Waals surface area contributed by atoms with Crippen molar-refractivity contribution in [2.75, 3.05) is 7.05 Å². The van der Waals surface area contributed by atoms with Gasteiger partial charge in [-0.3, -0.25) is 10.6 Å². The molecule has 34 heavy (non-hydrogen) atoms. The van der Waals surface area contributed by atoms with Gasteiger partial charge in [0, 0.05) is 22.3 Å². The molecule has 2 aliphatic carbocycles. The van der Waals surface area contributed by atoms with Gasteiger partial charge in [-0.1, -0.05) is 22.0 Å². The number of hydrogen-bond donors (Lipinski definition) is 3. The maximum absolute atomic E-state index is 12.9. The van der Waals surface area contributed by atoms with Gasteiger partial charge in [0.2, 0.25) is 0 Å². The Kier molecular flexibility index (Phi) is 7.83. The summed E-state index contributed by atoms with van der Waals surface area (Å²) < 4.78 is 43.4. The highest BCUT2D eigenvalue weighted by Crippen LogP contribution is 2.40. The van der Waals surface area contributed by atoms with Gasteiger partial charge in [-0.05, 0) is 94.0 Å². The number of likely N-dealkylation sites (N-methyl/N-ethyl adjacent to an activating group) is 1. The van der Waals surface area contributed by atoms with Crippen LogP contribution in [0.1, 0.15) is 56.9 Å². The second-order valence-electron chi connectivity index (χ2n) is 9.85. The lowest BCUT2D eigenvalue weighted by atomic mass is 9.78. The standard InChI is InChI=1S/C24H35BrF3N5O/c1-32-22(30)18-4-2-3-5-20(18)33(23(32)31)17-10-7-14(8-11-17)19(29)12-15-6-9-16(25)13-21(15)34-24(26,27)28/h6,9,13-14,17,19,22-23H,2-5,7-8,10-12,29-31H2,1H3. The highest BCUT2D eigenvalue weighted by Gasteiger charge is 2.40. The van der Waals surface area contributed by atoms with Gasteiger partial charge in [0.15, 0.2) is 0 Å². The number of ether oxygens (including phenoxy) is 1. The fourth-order valence-electron chi connectivity index (χ4n) is 5.87. The molecule has 6 N–H and O–H groups in total. The molecule has 1 aliphatic heterocycles. The Bertz CT molecular complexity index is 903. The summed E-state index contributed by atoms with van der Waals surface area (Å²) in [7, 11) is 1.99. The Labute approximate surface area is 207 Å². The molecule has 0 aromatic heterocycles. The first-order valence-corrected chi connectivity index (χ1v) is 12.9. The average molecular weight is 546 g/mol. The Morgan fingerprint density at radius 1 is 1.12 bits per heavy atom. The van der Waals surface area contributed by atoms with E-state index in [-0.39, 0.29) is 30.2 Å². The van der Waals surface area contributed by atoms with Crippen LogP contribution in [0.15, 0.2) is 33.9 Å². The SMILES string of the molecule is CN1C(N)C2=C(CCCC2)N(C2CCC(C(N)Cc3ccc(Br)cc3OC(F)(F)F)CC2)C1N. The lowest BCUT2D eigenvalue weighted by Crippen LogP contribution is -2.65. The van der Waals surface area contributed by atoms with Crippen LogP contribution < -0.4 is 21.9 Å². The number of halogens is 4. The Morgan fingerprint density at radius 2 is 1.79 bits per heavy atom. The van der Waals surface area contributed by atoms with Crippen LogP contribution in [-0.2, 0) is 6.42 Å². The second kappa shape index (κ2) is 10.3. The zero-order valence-electron chi connectivity index (χ0n) is 19.5. The van der Waals surface area contributed by atoms with Crippen LogP contribution in [0.2, 0.25) is 0 Å². The summed E-state index contributed by atoms with van der Waals surface area (Å²) in [6.45, 7) is 0. The summed E-state index contributed by atoms with van der Waals surface area (Å²) in [5.74, 6) is 0.0425. The van der Waals surface area contributed by atoms with E-state index in [1.54, 1.807) is 12.1 Å². The lowest BCUT2D eigenvalue weighted by molar-refractivity contribution is -0.274. The molecular formula is C24H35BrF3N5O. The van der Waals surface area contributed by atoms with Crippen molar-refractivity contribution in [3.05, 3.63) is 39.5 Å². The summed E-state index contributed by atoms with van der Waals surface area (Å²) in [6, 6.07) is 4.80. The normalized spacial score (nSPS) is 29.7. The molecule has 0 spiro atoms. The van der Waals surface area contributed by atoms with Crippen LogP contribution in [0.3, 0.4) is 0 Å². The monoisotopic (exact) mass is 545 g/mol.